The van der Waals surface area contributed by atoms with E-state index in [-0.39, 0.29) is 24.0 Å². The van der Waals surface area contributed by atoms with E-state index in [1.54, 1.807) is 34.1 Å². The van der Waals surface area contributed by atoms with Crippen LogP contribution in [-0.4, -0.2) is 50.8 Å². The normalized spacial score (nSPS) is 18.3. The number of guanidine groups is 1. The first-order chi connectivity index (χ1) is 12.7. The number of likely N-dealkylation sites (tertiary alicyclic amines) is 1. The number of alkyl halides is 3. The molecule has 1 saturated heterocycles. The predicted octanol–water partition coefficient (Wildman–Crippen LogP) is 3.54. The van der Waals surface area contributed by atoms with Gasteiger partial charge in [0.1, 0.15) is 5.75 Å². The second-order valence-electron chi connectivity index (χ2n) is 6.94. The molecule has 1 N–H and O–H groups in total. The van der Waals surface area contributed by atoms with E-state index < -0.39 is 11.7 Å². The largest absolute Gasteiger partial charge is 0.491 e. The van der Waals surface area contributed by atoms with Crippen LogP contribution in [0, 0.1) is 5.92 Å². The summed E-state index contributed by atoms with van der Waals surface area (Å²) in [5, 5.41) is 3.06. The fraction of sp³-hybridized carbons (Fsp3) is 0.632. The van der Waals surface area contributed by atoms with Gasteiger partial charge in [-0.3, -0.25) is 4.99 Å². The molecule has 1 unspecified atom stereocenters. The van der Waals surface area contributed by atoms with Crippen LogP contribution in [0.25, 0.3) is 0 Å². The van der Waals surface area contributed by atoms with E-state index in [1.165, 1.54) is 6.07 Å². The smallest absolute Gasteiger partial charge is 0.416 e. The molecule has 1 aromatic rings. The predicted molar refractivity (Wildman–Crippen MR) is 99.0 cm³/mol. The lowest BCUT2D eigenvalue weighted by Gasteiger charge is -2.23. The molecule has 0 spiro atoms. The zero-order valence-corrected chi connectivity index (χ0v) is 16.3. The molecule has 152 valence electrons. The van der Waals surface area contributed by atoms with Gasteiger partial charge >= 0.3 is 6.18 Å². The van der Waals surface area contributed by atoms with Gasteiger partial charge in [0.15, 0.2) is 5.96 Å². The summed E-state index contributed by atoms with van der Waals surface area (Å²) in [5.74, 6) is 1.23. The van der Waals surface area contributed by atoms with Crippen LogP contribution in [-0.2, 0) is 17.5 Å². The van der Waals surface area contributed by atoms with Gasteiger partial charge in [-0.15, -0.1) is 0 Å². The number of ether oxygens (including phenoxy) is 2. The summed E-state index contributed by atoms with van der Waals surface area (Å²) >= 11 is 0. The highest BCUT2D eigenvalue weighted by Gasteiger charge is 2.34. The molecular formula is C19H28F3N3O2. The van der Waals surface area contributed by atoms with Gasteiger partial charge < -0.3 is 19.7 Å². The van der Waals surface area contributed by atoms with Crippen LogP contribution in [0.5, 0.6) is 5.75 Å². The van der Waals surface area contributed by atoms with Gasteiger partial charge in [-0.25, -0.2) is 0 Å². The summed E-state index contributed by atoms with van der Waals surface area (Å²) in [6, 6.07) is 4.09. The summed E-state index contributed by atoms with van der Waals surface area (Å²) in [5.41, 5.74) is -0.533. The van der Waals surface area contributed by atoms with Crippen molar-refractivity contribution in [2.24, 2.45) is 10.9 Å². The Kier molecular flexibility index (Phi) is 7.35. The maximum Gasteiger partial charge on any atom is 0.416 e. The molecule has 0 radical (unpaired) electrons. The Balaban J connectivity index is 2.09. The van der Waals surface area contributed by atoms with Crippen molar-refractivity contribution < 1.29 is 22.6 Å². The highest BCUT2D eigenvalue weighted by Crippen LogP contribution is 2.34. The van der Waals surface area contributed by atoms with E-state index in [4.69, 9.17) is 9.47 Å². The molecular weight excluding hydrogens is 359 g/mol. The van der Waals surface area contributed by atoms with Crippen LogP contribution in [0.1, 0.15) is 31.4 Å². The van der Waals surface area contributed by atoms with Crippen LogP contribution >= 0.6 is 0 Å². The monoisotopic (exact) mass is 387 g/mol. The third-order valence-electron chi connectivity index (χ3n) is 4.40. The average molecular weight is 387 g/mol. The molecule has 1 fully saturated rings. The topological polar surface area (TPSA) is 46.1 Å². The molecule has 27 heavy (non-hydrogen) atoms. The number of nitrogens with zero attached hydrogens (tertiary/aromatic N) is 2. The molecule has 2 rings (SSSR count). The van der Waals surface area contributed by atoms with Crippen molar-refractivity contribution in [2.75, 3.05) is 33.9 Å². The highest BCUT2D eigenvalue weighted by molar-refractivity contribution is 5.80. The molecule has 1 aliphatic heterocycles. The first-order valence-corrected chi connectivity index (χ1v) is 9.06. The van der Waals surface area contributed by atoms with Crippen LogP contribution < -0.4 is 10.1 Å². The molecule has 0 bridgehead atoms. The zero-order valence-electron chi connectivity index (χ0n) is 16.3. The Hall–Kier alpha value is -1.96. The summed E-state index contributed by atoms with van der Waals surface area (Å²) in [4.78, 5) is 6.26. The number of methoxy groups -OCH3 is 1. The van der Waals surface area contributed by atoms with Gasteiger partial charge in [0.05, 0.1) is 18.3 Å². The third-order valence-corrected chi connectivity index (χ3v) is 4.40. The van der Waals surface area contributed by atoms with E-state index >= 15 is 0 Å². The summed E-state index contributed by atoms with van der Waals surface area (Å²) < 4.78 is 51.0. The van der Waals surface area contributed by atoms with Crippen molar-refractivity contribution in [3.63, 3.8) is 0 Å². The second kappa shape index (κ2) is 9.30. The van der Waals surface area contributed by atoms with Gasteiger partial charge in [0, 0.05) is 39.7 Å². The van der Waals surface area contributed by atoms with E-state index in [9.17, 15) is 13.2 Å². The molecule has 8 heteroatoms. The minimum atomic E-state index is -4.45. The number of hydrogen-bond acceptors (Lipinski definition) is 3. The van der Waals surface area contributed by atoms with Gasteiger partial charge in [-0.2, -0.15) is 13.2 Å². The highest BCUT2D eigenvalue weighted by atomic mass is 19.4. The maximum atomic E-state index is 13.5. The number of halogens is 3. The van der Waals surface area contributed by atoms with Crippen LogP contribution in [0.4, 0.5) is 13.2 Å². The van der Waals surface area contributed by atoms with Crippen LogP contribution in [0.15, 0.2) is 23.2 Å². The average Bonchev–Trinajstić information content (AvgIpc) is 3.04. The van der Waals surface area contributed by atoms with Crippen molar-refractivity contribution in [1.82, 2.24) is 10.2 Å². The first kappa shape index (κ1) is 21.3. The van der Waals surface area contributed by atoms with Crippen molar-refractivity contribution >= 4 is 5.96 Å². The second-order valence-corrected chi connectivity index (χ2v) is 6.94. The summed E-state index contributed by atoms with van der Waals surface area (Å²) in [7, 11) is 3.30. The van der Waals surface area contributed by atoms with Gasteiger partial charge in [0.2, 0.25) is 0 Å². The molecule has 0 amide bonds. The van der Waals surface area contributed by atoms with E-state index in [2.05, 4.69) is 10.3 Å². The molecule has 1 aromatic carbocycles. The number of benzene rings is 1. The van der Waals surface area contributed by atoms with Crippen molar-refractivity contribution in [2.45, 2.75) is 39.1 Å². The van der Waals surface area contributed by atoms with Gasteiger partial charge in [0.25, 0.3) is 0 Å². The lowest BCUT2D eigenvalue weighted by Crippen LogP contribution is -2.40. The Morgan fingerprint density at radius 1 is 1.37 bits per heavy atom. The molecule has 0 saturated carbocycles. The number of nitrogens with one attached hydrogen (secondary N) is 1. The molecule has 1 heterocycles. The molecule has 1 aliphatic rings. The lowest BCUT2D eigenvalue weighted by atomic mass is 10.1. The van der Waals surface area contributed by atoms with E-state index in [0.29, 0.717) is 18.5 Å². The standard InChI is InChI=1S/C19H28F3N3O2/c1-13(2)27-16-6-5-15(17(9-16)19(20,21)22)10-24-18(23-3)25-8-7-14(11-25)12-26-4/h5-6,9,13-14H,7-8,10-12H2,1-4H3,(H,23,24). The van der Waals surface area contributed by atoms with Crippen LogP contribution in [0.2, 0.25) is 0 Å². The van der Waals surface area contributed by atoms with Crippen LogP contribution in [0.3, 0.4) is 0 Å². The minimum absolute atomic E-state index is 0.0366. The lowest BCUT2D eigenvalue weighted by molar-refractivity contribution is -0.138. The fourth-order valence-corrected chi connectivity index (χ4v) is 3.22. The van der Waals surface area contributed by atoms with Crippen molar-refractivity contribution in [3.05, 3.63) is 29.3 Å². The number of hydrogen-bond donors (Lipinski definition) is 1. The fourth-order valence-electron chi connectivity index (χ4n) is 3.22. The third kappa shape index (κ3) is 6.02. The Labute approximate surface area is 158 Å². The Morgan fingerprint density at radius 3 is 2.70 bits per heavy atom. The van der Waals surface area contributed by atoms with Crippen molar-refractivity contribution in [3.8, 4) is 5.75 Å². The van der Waals surface area contributed by atoms with Gasteiger partial charge in [-0.1, -0.05) is 6.07 Å². The summed E-state index contributed by atoms with van der Waals surface area (Å²) in [6.45, 7) is 5.85. The Morgan fingerprint density at radius 2 is 2.11 bits per heavy atom. The SMILES string of the molecule is CN=C(NCc1ccc(OC(C)C)cc1C(F)(F)F)N1CCC(COC)C1. The van der Waals surface area contributed by atoms with Gasteiger partial charge in [-0.05, 0) is 38.0 Å². The number of aliphatic imine (C=N–C) groups is 1. The maximum absolute atomic E-state index is 13.5. The first-order valence-electron chi connectivity index (χ1n) is 9.06. The van der Waals surface area contributed by atoms with Crippen molar-refractivity contribution in [1.29, 1.82) is 0 Å². The quantitative estimate of drug-likeness (QED) is 0.599. The zero-order chi connectivity index (χ0) is 20.0. The number of rotatable bonds is 6. The molecule has 1 atom stereocenters. The molecule has 0 aliphatic carbocycles. The van der Waals surface area contributed by atoms with E-state index in [1.807, 2.05) is 4.90 Å². The van der Waals surface area contributed by atoms with E-state index in [0.717, 1.165) is 25.6 Å². The summed E-state index contributed by atoms with van der Waals surface area (Å²) in [6.07, 6.45) is -3.67. The molecule has 0 aromatic heterocycles. The molecule has 5 nitrogen and oxygen atoms in total. The minimum Gasteiger partial charge on any atom is -0.491 e. The Bertz CT molecular complexity index is 648.